The van der Waals surface area contributed by atoms with Crippen LogP contribution in [0.25, 0.3) is 32.9 Å². The fourth-order valence-electron chi connectivity index (χ4n) is 4.41. The largest absolute Gasteiger partial charge is 0.441 e. The minimum absolute atomic E-state index is 0.261. The Morgan fingerprint density at radius 1 is 0.750 bits per heavy atom. The number of benzene rings is 3. The van der Waals surface area contributed by atoms with Gasteiger partial charge in [0.15, 0.2) is 16.1 Å². The van der Waals surface area contributed by atoms with Crippen LogP contribution in [-0.4, -0.2) is 0 Å². The molecule has 0 N–H and O–H groups in total. The molecule has 32 heavy (non-hydrogen) atoms. The van der Waals surface area contributed by atoms with E-state index in [-0.39, 0.29) is 11.4 Å². The number of hydrogen-bond donors (Lipinski definition) is 0. The van der Waals surface area contributed by atoms with Crippen molar-refractivity contribution in [3.63, 3.8) is 0 Å². The van der Waals surface area contributed by atoms with E-state index in [0.29, 0.717) is 4.71 Å². The van der Waals surface area contributed by atoms with Gasteiger partial charge in [-0.05, 0) is 65.2 Å². The molecule has 4 rings (SSSR count). The highest BCUT2D eigenvalue weighted by molar-refractivity contribution is 7.71. The van der Waals surface area contributed by atoms with Crippen LogP contribution in [0.4, 0.5) is 4.39 Å². The molecule has 0 saturated carbocycles. The summed E-state index contributed by atoms with van der Waals surface area (Å²) in [5.41, 5.74) is 4.54. The van der Waals surface area contributed by atoms with Gasteiger partial charge in [0.1, 0.15) is 0 Å². The Morgan fingerprint density at radius 3 is 2.19 bits per heavy atom. The second kappa shape index (κ2) is 10.4. The number of halogens is 1. The molecule has 0 saturated heterocycles. The van der Waals surface area contributed by atoms with Crippen molar-refractivity contribution in [2.45, 2.75) is 65.2 Å². The van der Waals surface area contributed by atoms with Gasteiger partial charge in [-0.25, -0.2) is 4.39 Å². The summed E-state index contributed by atoms with van der Waals surface area (Å²) in [5, 5.41) is 2.58. The van der Waals surface area contributed by atoms with Gasteiger partial charge in [0.25, 0.3) is 0 Å². The van der Waals surface area contributed by atoms with E-state index in [1.54, 1.807) is 0 Å². The normalized spacial score (nSPS) is 11.5. The Morgan fingerprint density at radius 2 is 1.44 bits per heavy atom. The number of fused-ring (bicyclic) bond motifs is 3. The van der Waals surface area contributed by atoms with Crippen LogP contribution in [0.2, 0.25) is 0 Å². The predicted octanol–water partition coefficient (Wildman–Crippen LogP) is 9.59. The van der Waals surface area contributed by atoms with Crippen molar-refractivity contribution in [2.75, 3.05) is 0 Å². The SMILES string of the molecule is CCCCCCCCc1ccc2c(oc(=S)c3cc(-c4ccc(CC)cc4)ccc32)c1F. The molecule has 0 amide bonds. The highest BCUT2D eigenvalue weighted by Crippen LogP contribution is 2.33. The summed E-state index contributed by atoms with van der Waals surface area (Å²) in [6.45, 7) is 4.37. The van der Waals surface area contributed by atoms with Crippen molar-refractivity contribution in [3.05, 3.63) is 76.2 Å². The summed E-state index contributed by atoms with van der Waals surface area (Å²) in [5.74, 6) is -0.261. The van der Waals surface area contributed by atoms with Crippen LogP contribution in [-0.2, 0) is 12.8 Å². The molecule has 1 nitrogen and oxygen atoms in total. The molecule has 1 aromatic heterocycles. The van der Waals surface area contributed by atoms with Crippen molar-refractivity contribution in [1.82, 2.24) is 0 Å². The van der Waals surface area contributed by atoms with E-state index >= 15 is 4.39 Å². The predicted molar refractivity (Wildman–Crippen MR) is 136 cm³/mol. The summed E-state index contributed by atoms with van der Waals surface area (Å²) >= 11 is 5.55. The molecule has 0 radical (unpaired) electrons. The van der Waals surface area contributed by atoms with Gasteiger partial charge < -0.3 is 4.42 Å². The van der Waals surface area contributed by atoms with Crippen molar-refractivity contribution >= 4 is 34.0 Å². The van der Waals surface area contributed by atoms with Gasteiger partial charge in [0.2, 0.25) is 0 Å². The summed E-state index contributed by atoms with van der Waals surface area (Å²) < 4.78 is 21.5. The van der Waals surface area contributed by atoms with Crippen molar-refractivity contribution in [1.29, 1.82) is 0 Å². The molecule has 1 heterocycles. The zero-order chi connectivity index (χ0) is 22.5. The Labute approximate surface area is 195 Å². The minimum Gasteiger partial charge on any atom is -0.441 e. The van der Waals surface area contributed by atoms with Crippen LogP contribution in [0, 0.1) is 10.5 Å². The number of unbranched alkanes of at least 4 members (excludes halogenated alkanes) is 5. The Balaban J connectivity index is 1.64. The molecule has 166 valence electrons. The standard InChI is InChI=1S/C29H31FOS/c1-3-5-6-7-8-9-10-22-15-18-25-24-17-16-23(21-13-11-20(4-2)12-14-21)19-26(24)29(32)31-28(25)27(22)30/h11-19H,3-10H2,1-2H3. The first-order chi connectivity index (χ1) is 15.6. The van der Waals surface area contributed by atoms with Crippen LogP contribution in [0.15, 0.2) is 59.0 Å². The number of hydrogen-bond acceptors (Lipinski definition) is 2. The maximum absolute atomic E-state index is 15.3. The van der Waals surface area contributed by atoms with E-state index in [2.05, 4.69) is 50.2 Å². The lowest BCUT2D eigenvalue weighted by molar-refractivity contribution is 0.534. The average Bonchev–Trinajstić information content (AvgIpc) is 2.83. The second-order valence-electron chi connectivity index (χ2n) is 8.63. The Bertz CT molecular complexity index is 1270. The maximum Gasteiger partial charge on any atom is 0.198 e. The fourth-order valence-corrected chi connectivity index (χ4v) is 4.66. The average molecular weight is 447 g/mol. The molecule has 0 fully saturated rings. The maximum atomic E-state index is 15.3. The van der Waals surface area contributed by atoms with Gasteiger partial charge in [0, 0.05) is 10.8 Å². The molecule has 0 spiro atoms. The molecule has 3 heteroatoms. The third-order valence-corrected chi connectivity index (χ3v) is 6.70. The molecule has 0 atom stereocenters. The van der Waals surface area contributed by atoms with Gasteiger partial charge in [-0.2, -0.15) is 0 Å². The monoisotopic (exact) mass is 446 g/mol. The zero-order valence-corrected chi connectivity index (χ0v) is 19.9. The molecule has 4 aromatic rings. The van der Waals surface area contributed by atoms with Gasteiger partial charge in [-0.3, -0.25) is 0 Å². The van der Waals surface area contributed by atoms with E-state index in [4.69, 9.17) is 16.6 Å². The van der Waals surface area contributed by atoms with E-state index in [9.17, 15) is 0 Å². The van der Waals surface area contributed by atoms with E-state index in [1.165, 1.54) is 31.2 Å². The van der Waals surface area contributed by atoms with E-state index in [0.717, 1.165) is 58.5 Å². The van der Waals surface area contributed by atoms with Crippen molar-refractivity contribution in [3.8, 4) is 11.1 Å². The summed E-state index contributed by atoms with van der Waals surface area (Å²) in [6.07, 6.45) is 8.90. The van der Waals surface area contributed by atoms with Crippen LogP contribution >= 0.6 is 12.2 Å². The molecule has 3 aromatic carbocycles. The first-order valence-electron chi connectivity index (χ1n) is 11.9. The zero-order valence-electron chi connectivity index (χ0n) is 19.0. The lowest BCUT2D eigenvalue weighted by Gasteiger charge is -2.10. The number of rotatable bonds is 9. The Kier molecular flexibility index (Phi) is 7.36. The second-order valence-corrected chi connectivity index (χ2v) is 9.00. The third-order valence-electron chi connectivity index (χ3n) is 6.40. The smallest absolute Gasteiger partial charge is 0.198 e. The van der Waals surface area contributed by atoms with Gasteiger partial charge in [-0.15, -0.1) is 0 Å². The lowest BCUT2D eigenvalue weighted by atomic mass is 9.98. The van der Waals surface area contributed by atoms with Gasteiger partial charge in [0.05, 0.1) is 0 Å². The topological polar surface area (TPSA) is 13.1 Å². The molecular formula is C29H31FOS. The third kappa shape index (κ3) is 4.78. The van der Waals surface area contributed by atoms with Crippen LogP contribution in [0.5, 0.6) is 0 Å². The van der Waals surface area contributed by atoms with Crippen LogP contribution in [0.1, 0.15) is 63.5 Å². The molecule has 0 unspecified atom stereocenters. The molecule has 0 aliphatic heterocycles. The molecular weight excluding hydrogens is 415 g/mol. The summed E-state index contributed by atoms with van der Waals surface area (Å²) in [7, 11) is 0. The first-order valence-corrected chi connectivity index (χ1v) is 12.3. The number of aryl methyl sites for hydroxylation is 2. The first kappa shape index (κ1) is 22.7. The molecule has 0 bridgehead atoms. The summed E-state index contributed by atoms with van der Waals surface area (Å²) in [6, 6.07) is 18.7. The van der Waals surface area contributed by atoms with Crippen LogP contribution < -0.4 is 0 Å². The van der Waals surface area contributed by atoms with E-state index in [1.807, 2.05) is 18.2 Å². The molecule has 0 aliphatic carbocycles. The quantitative estimate of drug-likeness (QED) is 0.144. The van der Waals surface area contributed by atoms with E-state index < -0.39 is 0 Å². The highest BCUT2D eigenvalue weighted by Gasteiger charge is 2.14. The van der Waals surface area contributed by atoms with Crippen LogP contribution in [0.3, 0.4) is 0 Å². The van der Waals surface area contributed by atoms with Gasteiger partial charge >= 0.3 is 0 Å². The lowest BCUT2D eigenvalue weighted by Crippen LogP contribution is -1.94. The molecule has 0 aliphatic rings. The van der Waals surface area contributed by atoms with Crippen molar-refractivity contribution in [2.24, 2.45) is 0 Å². The van der Waals surface area contributed by atoms with Crippen molar-refractivity contribution < 1.29 is 8.81 Å². The minimum atomic E-state index is -0.261. The highest BCUT2D eigenvalue weighted by atomic mass is 32.1. The fraction of sp³-hybridized carbons (Fsp3) is 0.345. The Hall–Kier alpha value is -2.52. The summed E-state index contributed by atoms with van der Waals surface area (Å²) in [4.78, 5) is 0. The van der Waals surface area contributed by atoms with Gasteiger partial charge in [-0.1, -0.05) is 94.5 Å².